The number of nitrogens with zero attached hydrogens (tertiary/aromatic N) is 2. The summed E-state index contributed by atoms with van der Waals surface area (Å²) in [6.07, 6.45) is 1.00. The van der Waals surface area contributed by atoms with E-state index >= 15 is 0 Å². The van der Waals surface area contributed by atoms with Crippen LogP contribution in [-0.4, -0.2) is 16.4 Å². The van der Waals surface area contributed by atoms with Gasteiger partial charge in [0, 0.05) is 37.5 Å². The SMILES string of the molecule is Nc1ccc([N+](=O)[O-])cc1CN1CCc2ccccc2C1. The Balaban J connectivity index is 1.79. The van der Waals surface area contributed by atoms with Crippen molar-refractivity contribution in [3.8, 4) is 0 Å². The fraction of sp³-hybridized carbons (Fsp3) is 0.250. The first kappa shape index (κ1) is 13.6. The van der Waals surface area contributed by atoms with Crippen LogP contribution in [0.25, 0.3) is 0 Å². The second-order valence-electron chi connectivity index (χ2n) is 5.37. The summed E-state index contributed by atoms with van der Waals surface area (Å²) in [6, 6.07) is 13.1. The van der Waals surface area contributed by atoms with E-state index in [2.05, 4.69) is 23.1 Å². The Morgan fingerprint density at radius 3 is 2.71 bits per heavy atom. The molecule has 0 aromatic heterocycles. The molecule has 3 rings (SSSR count). The Kier molecular flexibility index (Phi) is 3.58. The van der Waals surface area contributed by atoms with E-state index in [9.17, 15) is 10.1 Å². The lowest BCUT2D eigenvalue weighted by Gasteiger charge is -2.29. The predicted molar refractivity (Wildman–Crippen MR) is 81.8 cm³/mol. The zero-order valence-electron chi connectivity index (χ0n) is 11.7. The Morgan fingerprint density at radius 1 is 1.19 bits per heavy atom. The number of nitro benzene ring substituents is 1. The summed E-state index contributed by atoms with van der Waals surface area (Å²) >= 11 is 0. The topological polar surface area (TPSA) is 72.4 Å². The zero-order chi connectivity index (χ0) is 14.8. The Morgan fingerprint density at radius 2 is 1.95 bits per heavy atom. The average molecular weight is 283 g/mol. The van der Waals surface area contributed by atoms with E-state index in [1.54, 1.807) is 12.1 Å². The van der Waals surface area contributed by atoms with Crippen LogP contribution in [0.15, 0.2) is 42.5 Å². The Hall–Kier alpha value is -2.40. The van der Waals surface area contributed by atoms with Crippen LogP contribution < -0.4 is 5.73 Å². The minimum absolute atomic E-state index is 0.0941. The second kappa shape index (κ2) is 5.54. The molecule has 5 heteroatoms. The highest BCUT2D eigenvalue weighted by atomic mass is 16.6. The zero-order valence-corrected chi connectivity index (χ0v) is 11.7. The fourth-order valence-electron chi connectivity index (χ4n) is 2.77. The predicted octanol–water partition coefficient (Wildman–Crippen LogP) is 2.74. The maximum absolute atomic E-state index is 10.9. The van der Waals surface area contributed by atoms with Gasteiger partial charge in [-0.3, -0.25) is 15.0 Å². The summed E-state index contributed by atoms with van der Waals surface area (Å²) in [5.41, 5.74) is 10.2. The molecular weight excluding hydrogens is 266 g/mol. The van der Waals surface area contributed by atoms with Crippen molar-refractivity contribution in [2.45, 2.75) is 19.5 Å². The molecular formula is C16H17N3O2. The number of nitrogen functional groups attached to an aromatic ring is 1. The molecule has 0 unspecified atom stereocenters. The minimum atomic E-state index is -0.381. The molecule has 0 amide bonds. The van der Waals surface area contributed by atoms with Crippen molar-refractivity contribution in [2.24, 2.45) is 0 Å². The number of hydrogen-bond donors (Lipinski definition) is 1. The molecule has 0 bridgehead atoms. The van der Waals surface area contributed by atoms with E-state index in [1.165, 1.54) is 17.2 Å². The molecule has 108 valence electrons. The molecule has 2 N–H and O–H groups in total. The van der Waals surface area contributed by atoms with Crippen molar-refractivity contribution >= 4 is 11.4 Å². The van der Waals surface area contributed by atoms with Gasteiger partial charge < -0.3 is 5.73 Å². The van der Waals surface area contributed by atoms with Crippen LogP contribution in [0.2, 0.25) is 0 Å². The minimum Gasteiger partial charge on any atom is -0.398 e. The molecule has 1 heterocycles. The maximum atomic E-state index is 10.9. The van der Waals surface area contributed by atoms with Crippen molar-refractivity contribution in [3.05, 3.63) is 69.3 Å². The molecule has 21 heavy (non-hydrogen) atoms. The van der Waals surface area contributed by atoms with Gasteiger partial charge in [-0.25, -0.2) is 0 Å². The van der Waals surface area contributed by atoms with Gasteiger partial charge in [0.05, 0.1) is 4.92 Å². The number of benzene rings is 2. The quantitative estimate of drug-likeness (QED) is 0.534. The highest BCUT2D eigenvalue weighted by Gasteiger charge is 2.18. The smallest absolute Gasteiger partial charge is 0.269 e. The van der Waals surface area contributed by atoms with E-state index < -0.39 is 0 Å². The highest BCUT2D eigenvalue weighted by Crippen LogP contribution is 2.24. The molecule has 5 nitrogen and oxygen atoms in total. The normalized spacial score (nSPS) is 14.7. The van der Waals surface area contributed by atoms with Gasteiger partial charge in [0.15, 0.2) is 0 Å². The lowest BCUT2D eigenvalue weighted by Crippen LogP contribution is -2.30. The molecule has 0 saturated carbocycles. The van der Waals surface area contributed by atoms with Crippen LogP contribution >= 0.6 is 0 Å². The summed E-state index contributed by atoms with van der Waals surface area (Å²) in [5.74, 6) is 0. The molecule has 2 aromatic rings. The van der Waals surface area contributed by atoms with Crippen molar-refractivity contribution < 1.29 is 4.92 Å². The van der Waals surface area contributed by atoms with Gasteiger partial charge >= 0.3 is 0 Å². The van der Waals surface area contributed by atoms with Gasteiger partial charge in [0.2, 0.25) is 0 Å². The van der Waals surface area contributed by atoms with Gasteiger partial charge in [0.1, 0.15) is 0 Å². The molecule has 2 aromatic carbocycles. The molecule has 1 aliphatic rings. The summed E-state index contributed by atoms with van der Waals surface area (Å²) in [5, 5.41) is 10.9. The van der Waals surface area contributed by atoms with Crippen LogP contribution in [0.3, 0.4) is 0 Å². The number of fused-ring (bicyclic) bond motifs is 1. The number of nitrogens with two attached hydrogens (primary N) is 1. The Bertz CT molecular complexity index is 685. The summed E-state index contributed by atoms with van der Waals surface area (Å²) in [4.78, 5) is 12.8. The van der Waals surface area contributed by atoms with E-state index in [4.69, 9.17) is 5.73 Å². The van der Waals surface area contributed by atoms with Crippen LogP contribution in [0.4, 0.5) is 11.4 Å². The van der Waals surface area contributed by atoms with Crippen molar-refractivity contribution in [3.63, 3.8) is 0 Å². The third-order valence-corrected chi connectivity index (χ3v) is 3.94. The molecule has 0 atom stereocenters. The lowest BCUT2D eigenvalue weighted by atomic mass is 9.99. The van der Waals surface area contributed by atoms with Gasteiger partial charge in [-0.1, -0.05) is 24.3 Å². The van der Waals surface area contributed by atoms with E-state index in [1.807, 2.05) is 6.07 Å². The number of rotatable bonds is 3. The largest absolute Gasteiger partial charge is 0.398 e. The molecule has 0 saturated heterocycles. The monoisotopic (exact) mass is 283 g/mol. The standard InChI is InChI=1S/C16H17N3O2/c17-16-6-5-15(19(20)21)9-14(16)11-18-8-7-12-3-1-2-4-13(12)10-18/h1-6,9H,7-8,10-11,17H2. The first-order valence-corrected chi connectivity index (χ1v) is 6.95. The number of hydrogen-bond acceptors (Lipinski definition) is 4. The van der Waals surface area contributed by atoms with Crippen LogP contribution in [0.1, 0.15) is 16.7 Å². The molecule has 0 radical (unpaired) electrons. The third kappa shape index (κ3) is 2.87. The van der Waals surface area contributed by atoms with E-state index in [-0.39, 0.29) is 10.6 Å². The van der Waals surface area contributed by atoms with Crippen LogP contribution in [0.5, 0.6) is 0 Å². The summed E-state index contributed by atoms with van der Waals surface area (Å²) in [6.45, 7) is 2.44. The maximum Gasteiger partial charge on any atom is 0.269 e. The number of nitro groups is 1. The number of anilines is 1. The van der Waals surface area contributed by atoms with Gasteiger partial charge in [-0.2, -0.15) is 0 Å². The molecule has 0 aliphatic carbocycles. The molecule has 0 fully saturated rings. The highest BCUT2D eigenvalue weighted by molar-refractivity contribution is 5.52. The van der Waals surface area contributed by atoms with Gasteiger partial charge in [0.25, 0.3) is 5.69 Å². The first-order chi connectivity index (χ1) is 10.1. The van der Waals surface area contributed by atoms with E-state index in [0.717, 1.165) is 25.1 Å². The van der Waals surface area contributed by atoms with Crippen molar-refractivity contribution in [1.29, 1.82) is 0 Å². The second-order valence-corrected chi connectivity index (χ2v) is 5.37. The lowest BCUT2D eigenvalue weighted by molar-refractivity contribution is -0.384. The average Bonchev–Trinajstić information content (AvgIpc) is 2.49. The summed E-state index contributed by atoms with van der Waals surface area (Å²) in [7, 11) is 0. The van der Waals surface area contributed by atoms with Crippen molar-refractivity contribution in [1.82, 2.24) is 4.90 Å². The van der Waals surface area contributed by atoms with Gasteiger partial charge in [-0.05, 0) is 29.2 Å². The van der Waals surface area contributed by atoms with Crippen LogP contribution in [0, 0.1) is 10.1 Å². The number of non-ortho nitro benzene ring substituents is 1. The third-order valence-electron chi connectivity index (χ3n) is 3.94. The molecule has 0 spiro atoms. The van der Waals surface area contributed by atoms with E-state index in [0.29, 0.717) is 12.2 Å². The van der Waals surface area contributed by atoms with Crippen molar-refractivity contribution in [2.75, 3.05) is 12.3 Å². The van der Waals surface area contributed by atoms with Crippen LogP contribution in [-0.2, 0) is 19.5 Å². The first-order valence-electron chi connectivity index (χ1n) is 6.95. The van der Waals surface area contributed by atoms with Gasteiger partial charge in [-0.15, -0.1) is 0 Å². The Labute approximate surface area is 123 Å². The molecule has 1 aliphatic heterocycles. The fourth-order valence-corrected chi connectivity index (χ4v) is 2.77. The summed E-state index contributed by atoms with van der Waals surface area (Å²) < 4.78 is 0.